The predicted octanol–water partition coefficient (Wildman–Crippen LogP) is 1.60. The van der Waals surface area contributed by atoms with Gasteiger partial charge in [0.1, 0.15) is 0 Å². The highest BCUT2D eigenvalue weighted by Crippen LogP contribution is 2.09. The maximum absolute atomic E-state index is 5.42. The van der Waals surface area contributed by atoms with Crippen LogP contribution in [0.4, 0.5) is 6.01 Å². The van der Waals surface area contributed by atoms with Gasteiger partial charge in [0.05, 0.1) is 17.2 Å². The molecule has 6 nitrogen and oxygen atoms in total. The third kappa shape index (κ3) is 3.78. The molecule has 0 aliphatic heterocycles. The van der Waals surface area contributed by atoms with Crippen molar-refractivity contribution in [3.05, 3.63) is 22.0 Å². The van der Waals surface area contributed by atoms with Crippen LogP contribution in [-0.4, -0.2) is 28.3 Å². The minimum absolute atomic E-state index is 0.467. The first-order chi connectivity index (χ1) is 8.78. The van der Waals surface area contributed by atoms with E-state index in [0.717, 1.165) is 30.2 Å². The van der Waals surface area contributed by atoms with Gasteiger partial charge in [0.15, 0.2) is 0 Å². The molecule has 2 rings (SSSR count). The lowest BCUT2D eigenvalue weighted by Crippen LogP contribution is -2.11. The van der Waals surface area contributed by atoms with Gasteiger partial charge >= 0.3 is 6.01 Å². The Morgan fingerprint density at radius 2 is 2.28 bits per heavy atom. The highest BCUT2D eigenvalue weighted by molar-refractivity contribution is 7.09. The van der Waals surface area contributed by atoms with Gasteiger partial charge in [-0.1, -0.05) is 12.0 Å². The Kier molecular flexibility index (Phi) is 4.66. The molecule has 0 aliphatic carbocycles. The molecule has 0 saturated heterocycles. The van der Waals surface area contributed by atoms with Crippen molar-refractivity contribution in [3.8, 4) is 0 Å². The number of nitrogens with zero attached hydrogens (tertiary/aromatic N) is 3. The Morgan fingerprint density at radius 1 is 1.39 bits per heavy atom. The fraction of sp³-hybridized carbons (Fsp3) is 0.545. The van der Waals surface area contributed by atoms with Gasteiger partial charge in [-0.25, -0.2) is 4.98 Å². The van der Waals surface area contributed by atoms with E-state index < -0.39 is 0 Å². The average molecular weight is 267 g/mol. The van der Waals surface area contributed by atoms with Crippen molar-refractivity contribution in [3.63, 3.8) is 0 Å². The van der Waals surface area contributed by atoms with E-state index in [4.69, 9.17) is 4.42 Å². The summed E-state index contributed by atoms with van der Waals surface area (Å²) in [6.45, 7) is 6.27. The summed E-state index contributed by atoms with van der Waals surface area (Å²) in [5.41, 5.74) is 1.09. The molecule has 2 heterocycles. The van der Waals surface area contributed by atoms with Crippen molar-refractivity contribution in [2.75, 3.05) is 18.4 Å². The zero-order chi connectivity index (χ0) is 12.8. The van der Waals surface area contributed by atoms with E-state index in [-0.39, 0.29) is 0 Å². The molecule has 0 bridgehead atoms. The fourth-order valence-corrected chi connectivity index (χ4v) is 2.10. The molecule has 0 fully saturated rings. The van der Waals surface area contributed by atoms with Gasteiger partial charge in [-0.05, 0) is 13.5 Å². The molecule has 2 aromatic rings. The van der Waals surface area contributed by atoms with E-state index in [1.165, 1.54) is 0 Å². The minimum Gasteiger partial charge on any atom is -0.407 e. The number of rotatable bonds is 7. The summed E-state index contributed by atoms with van der Waals surface area (Å²) >= 11 is 1.67. The van der Waals surface area contributed by atoms with Crippen LogP contribution < -0.4 is 10.6 Å². The molecule has 0 amide bonds. The van der Waals surface area contributed by atoms with E-state index >= 15 is 0 Å². The zero-order valence-electron chi connectivity index (χ0n) is 10.6. The highest BCUT2D eigenvalue weighted by atomic mass is 32.1. The summed E-state index contributed by atoms with van der Waals surface area (Å²) in [7, 11) is 0. The summed E-state index contributed by atoms with van der Waals surface area (Å²) in [5.74, 6) is 0.601. The molecule has 0 unspecified atom stereocenters. The molecule has 0 atom stereocenters. The number of anilines is 1. The smallest absolute Gasteiger partial charge is 0.315 e. The van der Waals surface area contributed by atoms with Crippen LogP contribution in [0.15, 0.2) is 9.80 Å². The highest BCUT2D eigenvalue weighted by Gasteiger charge is 2.05. The molecule has 18 heavy (non-hydrogen) atoms. The molecule has 2 N–H and O–H groups in total. The SMILES string of the molecule is CCNCc1nnc(NCCc2csc(C)n2)o1. The summed E-state index contributed by atoms with van der Waals surface area (Å²) in [6.07, 6.45) is 0.856. The standard InChI is InChI=1S/C11H17N5OS/c1-3-12-6-10-15-16-11(17-10)13-5-4-9-7-18-8(2)14-9/h7,12H,3-6H2,1-2H3,(H,13,16). The normalized spacial score (nSPS) is 10.8. The maximum Gasteiger partial charge on any atom is 0.315 e. The van der Waals surface area contributed by atoms with Crippen LogP contribution in [0.25, 0.3) is 0 Å². The van der Waals surface area contributed by atoms with E-state index in [9.17, 15) is 0 Å². The molecule has 0 aromatic carbocycles. The van der Waals surface area contributed by atoms with Gasteiger partial charge in [0.2, 0.25) is 5.89 Å². The first-order valence-electron chi connectivity index (χ1n) is 5.96. The molecule has 2 aromatic heterocycles. The summed E-state index contributed by atoms with van der Waals surface area (Å²) < 4.78 is 5.42. The third-order valence-electron chi connectivity index (χ3n) is 2.32. The lowest BCUT2D eigenvalue weighted by Gasteiger charge is -1.98. The monoisotopic (exact) mass is 267 g/mol. The van der Waals surface area contributed by atoms with Gasteiger partial charge in [-0.15, -0.1) is 16.4 Å². The molecular formula is C11H17N5OS. The number of nitrogens with one attached hydrogen (secondary N) is 2. The average Bonchev–Trinajstić information content (AvgIpc) is 2.96. The van der Waals surface area contributed by atoms with Crippen LogP contribution in [0, 0.1) is 6.92 Å². The van der Waals surface area contributed by atoms with Gasteiger partial charge in [0.25, 0.3) is 0 Å². The zero-order valence-corrected chi connectivity index (χ0v) is 11.4. The van der Waals surface area contributed by atoms with Crippen molar-refractivity contribution < 1.29 is 4.42 Å². The first kappa shape index (κ1) is 13.0. The van der Waals surface area contributed by atoms with Crippen LogP contribution in [0.5, 0.6) is 0 Å². The summed E-state index contributed by atoms with van der Waals surface area (Å²) in [6, 6.07) is 0.467. The van der Waals surface area contributed by atoms with Crippen molar-refractivity contribution in [2.24, 2.45) is 0 Å². The van der Waals surface area contributed by atoms with Crippen molar-refractivity contribution in [1.82, 2.24) is 20.5 Å². The molecule has 7 heteroatoms. The molecule has 0 saturated carbocycles. The van der Waals surface area contributed by atoms with Gasteiger partial charge in [-0.3, -0.25) is 0 Å². The number of aromatic nitrogens is 3. The van der Waals surface area contributed by atoms with Crippen molar-refractivity contribution in [2.45, 2.75) is 26.8 Å². The quantitative estimate of drug-likeness (QED) is 0.793. The second kappa shape index (κ2) is 6.46. The van der Waals surface area contributed by atoms with Gasteiger partial charge in [-0.2, -0.15) is 0 Å². The molecular weight excluding hydrogens is 250 g/mol. The van der Waals surface area contributed by atoms with Crippen molar-refractivity contribution in [1.29, 1.82) is 0 Å². The van der Waals surface area contributed by atoms with Gasteiger partial charge < -0.3 is 15.1 Å². The Bertz CT molecular complexity index is 481. The second-order valence-corrected chi connectivity index (χ2v) is 4.88. The van der Waals surface area contributed by atoms with E-state index in [1.807, 2.05) is 13.8 Å². The lowest BCUT2D eigenvalue weighted by molar-refractivity contribution is 0.481. The topological polar surface area (TPSA) is 75.9 Å². The number of hydrogen-bond acceptors (Lipinski definition) is 7. The molecule has 98 valence electrons. The van der Waals surface area contributed by atoms with Crippen LogP contribution >= 0.6 is 11.3 Å². The minimum atomic E-state index is 0.467. The summed E-state index contributed by atoms with van der Waals surface area (Å²) in [5, 5.41) is 17.2. The lowest BCUT2D eigenvalue weighted by atomic mass is 10.3. The largest absolute Gasteiger partial charge is 0.407 e. The Hall–Kier alpha value is -1.47. The van der Waals surface area contributed by atoms with E-state index in [0.29, 0.717) is 18.5 Å². The number of hydrogen-bond donors (Lipinski definition) is 2. The molecule has 0 radical (unpaired) electrons. The molecule has 0 spiro atoms. The second-order valence-electron chi connectivity index (χ2n) is 3.82. The Labute approximate surface area is 110 Å². The summed E-state index contributed by atoms with van der Waals surface area (Å²) in [4.78, 5) is 4.39. The molecule has 0 aliphatic rings. The fourth-order valence-electron chi connectivity index (χ4n) is 1.45. The Balaban J connectivity index is 1.74. The van der Waals surface area contributed by atoms with Crippen LogP contribution in [-0.2, 0) is 13.0 Å². The van der Waals surface area contributed by atoms with Crippen molar-refractivity contribution >= 4 is 17.4 Å². The number of thiazole rings is 1. The maximum atomic E-state index is 5.42. The third-order valence-corrected chi connectivity index (χ3v) is 3.14. The van der Waals surface area contributed by atoms with Gasteiger partial charge in [0, 0.05) is 18.3 Å². The van der Waals surface area contributed by atoms with Crippen LogP contribution in [0.3, 0.4) is 0 Å². The first-order valence-corrected chi connectivity index (χ1v) is 6.84. The van der Waals surface area contributed by atoms with Crippen LogP contribution in [0.2, 0.25) is 0 Å². The predicted molar refractivity (Wildman–Crippen MR) is 70.7 cm³/mol. The number of aryl methyl sites for hydroxylation is 1. The van der Waals surface area contributed by atoms with Crippen LogP contribution in [0.1, 0.15) is 23.5 Å². The van der Waals surface area contributed by atoms with E-state index in [1.54, 1.807) is 11.3 Å². The van der Waals surface area contributed by atoms with E-state index in [2.05, 4.69) is 31.2 Å². The Morgan fingerprint density at radius 3 is 3.00 bits per heavy atom.